The topological polar surface area (TPSA) is 29.5 Å². The monoisotopic (exact) mass is 274 g/mol. The van der Waals surface area contributed by atoms with Crippen LogP contribution in [0.2, 0.25) is 0 Å². The van der Waals surface area contributed by atoms with Gasteiger partial charge in [0.2, 0.25) is 0 Å². The van der Waals surface area contributed by atoms with Crippen LogP contribution in [0.15, 0.2) is 42.5 Å². The molecule has 0 amide bonds. The van der Waals surface area contributed by atoms with Gasteiger partial charge in [-0.1, -0.05) is 32.0 Å². The smallest absolute Gasteiger partial charge is 0.136 e. The summed E-state index contributed by atoms with van der Waals surface area (Å²) in [7, 11) is 0. The van der Waals surface area contributed by atoms with Gasteiger partial charge in [0.15, 0.2) is 0 Å². The number of aliphatic hydroxyl groups excluding tert-OH is 1. The molecule has 2 aromatic rings. The first-order chi connectivity index (χ1) is 9.49. The van der Waals surface area contributed by atoms with Crippen molar-refractivity contribution in [3.8, 4) is 11.5 Å². The minimum absolute atomic E-state index is 0.183. The van der Waals surface area contributed by atoms with Gasteiger partial charge in [-0.3, -0.25) is 0 Å². The molecule has 0 saturated carbocycles. The fraction of sp³-hybridized carbons (Fsp3) is 0.294. The molecule has 3 heteroatoms. The maximum atomic E-state index is 13.8. The Kier molecular flexibility index (Phi) is 4.40. The minimum Gasteiger partial charge on any atom is -0.457 e. The molecule has 0 aliphatic carbocycles. The van der Waals surface area contributed by atoms with Crippen molar-refractivity contribution in [1.82, 2.24) is 0 Å². The van der Waals surface area contributed by atoms with E-state index in [2.05, 4.69) is 13.8 Å². The average molecular weight is 274 g/mol. The second-order valence-electron chi connectivity index (χ2n) is 5.16. The van der Waals surface area contributed by atoms with E-state index in [0.29, 0.717) is 17.4 Å². The highest BCUT2D eigenvalue weighted by molar-refractivity contribution is 5.41. The van der Waals surface area contributed by atoms with Crippen molar-refractivity contribution >= 4 is 0 Å². The molecule has 106 valence electrons. The van der Waals surface area contributed by atoms with Crippen LogP contribution >= 0.6 is 0 Å². The molecule has 0 saturated heterocycles. The predicted molar refractivity (Wildman–Crippen MR) is 77.6 cm³/mol. The zero-order valence-corrected chi connectivity index (χ0v) is 11.9. The van der Waals surface area contributed by atoms with E-state index in [9.17, 15) is 9.50 Å². The van der Waals surface area contributed by atoms with Gasteiger partial charge in [-0.25, -0.2) is 4.39 Å². The molecule has 2 aromatic carbocycles. The standard InChI is InChI=1S/C17H19FO2/c1-11(2)13-6-4-7-14(10-13)20-16-9-5-8-15(18)17(16)12(3)19/h4-12,19H,1-3H3/t12-/m1/s1. The molecule has 1 atom stereocenters. The minimum atomic E-state index is -0.917. The van der Waals surface area contributed by atoms with Crippen LogP contribution in [-0.2, 0) is 0 Å². The lowest BCUT2D eigenvalue weighted by atomic mass is 10.0. The fourth-order valence-corrected chi connectivity index (χ4v) is 2.08. The van der Waals surface area contributed by atoms with Gasteiger partial charge >= 0.3 is 0 Å². The van der Waals surface area contributed by atoms with E-state index in [0.717, 1.165) is 5.56 Å². The molecule has 0 aromatic heterocycles. The fourth-order valence-electron chi connectivity index (χ4n) is 2.08. The Balaban J connectivity index is 2.35. The Morgan fingerprint density at radius 3 is 2.40 bits per heavy atom. The van der Waals surface area contributed by atoms with Crippen molar-refractivity contribution in [1.29, 1.82) is 0 Å². The third-order valence-electron chi connectivity index (χ3n) is 3.18. The molecule has 0 bridgehead atoms. The van der Waals surface area contributed by atoms with Crippen LogP contribution in [0.5, 0.6) is 11.5 Å². The maximum absolute atomic E-state index is 13.8. The molecule has 0 heterocycles. The van der Waals surface area contributed by atoms with Crippen LogP contribution in [0, 0.1) is 5.82 Å². The number of ether oxygens (including phenoxy) is 1. The van der Waals surface area contributed by atoms with Gasteiger partial charge in [-0.15, -0.1) is 0 Å². The lowest BCUT2D eigenvalue weighted by Crippen LogP contribution is -2.00. The summed E-state index contributed by atoms with van der Waals surface area (Å²) >= 11 is 0. The van der Waals surface area contributed by atoms with Crippen LogP contribution in [0.25, 0.3) is 0 Å². The summed E-state index contributed by atoms with van der Waals surface area (Å²) in [5.41, 5.74) is 1.33. The summed E-state index contributed by atoms with van der Waals surface area (Å²) in [6.07, 6.45) is -0.917. The summed E-state index contributed by atoms with van der Waals surface area (Å²) in [4.78, 5) is 0. The van der Waals surface area contributed by atoms with E-state index in [1.807, 2.05) is 24.3 Å². The Bertz CT molecular complexity index is 591. The van der Waals surface area contributed by atoms with E-state index in [4.69, 9.17) is 4.74 Å². The first kappa shape index (κ1) is 14.5. The van der Waals surface area contributed by atoms with Crippen molar-refractivity contribution in [3.05, 3.63) is 59.4 Å². The number of hydrogen-bond donors (Lipinski definition) is 1. The van der Waals surface area contributed by atoms with E-state index >= 15 is 0 Å². The summed E-state index contributed by atoms with van der Waals surface area (Å²) in [6, 6.07) is 12.2. The summed E-state index contributed by atoms with van der Waals surface area (Å²) in [6.45, 7) is 5.72. The van der Waals surface area contributed by atoms with Gasteiger partial charge in [0.1, 0.15) is 17.3 Å². The summed E-state index contributed by atoms with van der Waals surface area (Å²) in [5.74, 6) is 0.921. The van der Waals surface area contributed by atoms with Crippen molar-refractivity contribution in [2.45, 2.75) is 32.8 Å². The van der Waals surface area contributed by atoms with Crippen molar-refractivity contribution < 1.29 is 14.2 Å². The Labute approximate surface area is 118 Å². The average Bonchev–Trinajstić information content (AvgIpc) is 2.38. The maximum Gasteiger partial charge on any atom is 0.136 e. The third-order valence-corrected chi connectivity index (χ3v) is 3.18. The Morgan fingerprint density at radius 1 is 1.05 bits per heavy atom. The first-order valence-electron chi connectivity index (χ1n) is 6.73. The van der Waals surface area contributed by atoms with Crippen molar-refractivity contribution in [3.63, 3.8) is 0 Å². The van der Waals surface area contributed by atoms with E-state index < -0.39 is 11.9 Å². The van der Waals surface area contributed by atoms with Gasteiger partial charge in [0.25, 0.3) is 0 Å². The number of rotatable bonds is 4. The molecule has 0 unspecified atom stereocenters. The van der Waals surface area contributed by atoms with Crippen LogP contribution in [0.3, 0.4) is 0 Å². The quantitative estimate of drug-likeness (QED) is 0.868. The van der Waals surface area contributed by atoms with Crippen LogP contribution < -0.4 is 4.74 Å². The Morgan fingerprint density at radius 2 is 1.75 bits per heavy atom. The number of halogens is 1. The van der Waals surface area contributed by atoms with Gasteiger partial charge in [-0.2, -0.15) is 0 Å². The predicted octanol–water partition coefficient (Wildman–Crippen LogP) is 4.79. The van der Waals surface area contributed by atoms with E-state index in [1.165, 1.54) is 13.0 Å². The normalized spacial score (nSPS) is 12.5. The molecule has 0 aliphatic heterocycles. The molecule has 2 nitrogen and oxygen atoms in total. The van der Waals surface area contributed by atoms with Gasteiger partial charge in [0.05, 0.1) is 11.7 Å². The molecule has 0 spiro atoms. The van der Waals surface area contributed by atoms with Crippen molar-refractivity contribution in [2.75, 3.05) is 0 Å². The zero-order chi connectivity index (χ0) is 14.7. The van der Waals surface area contributed by atoms with Gasteiger partial charge in [0, 0.05) is 0 Å². The largest absolute Gasteiger partial charge is 0.457 e. The highest BCUT2D eigenvalue weighted by Crippen LogP contribution is 2.32. The van der Waals surface area contributed by atoms with E-state index in [1.54, 1.807) is 12.1 Å². The highest BCUT2D eigenvalue weighted by Gasteiger charge is 2.15. The molecule has 0 radical (unpaired) electrons. The molecule has 0 aliphatic rings. The molecule has 1 N–H and O–H groups in total. The van der Waals surface area contributed by atoms with Gasteiger partial charge < -0.3 is 9.84 Å². The number of aliphatic hydroxyl groups is 1. The van der Waals surface area contributed by atoms with Gasteiger partial charge in [-0.05, 0) is 42.7 Å². The van der Waals surface area contributed by atoms with Crippen molar-refractivity contribution in [2.24, 2.45) is 0 Å². The number of hydrogen-bond acceptors (Lipinski definition) is 2. The third kappa shape index (κ3) is 3.17. The lowest BCUT2D eigenvalue weighted by Gasteiger charge is -2.15. The second kappa shape index (κ2) is 6.06. The molecule has 0 fully saturated rings. The lowest BCUT2D eigenvalue weighted by molar-refractivity contribution is 0.190. The van der Waals surface area contributed by atoms with Crippen LogP contribution in [-0.4, -0.2) is 5.11 Å². The Hall–Kier alpha value is -1.87. The zero-order valence-electron chi connectivity index (χ0n) is 11.9. The second-order valence-corrected chi connectivity index (χ2v) is 5.16. The first-order valence-corrected chi connectivity index (χ1v) is 6.73. The molecule has 20 heavy (non-hydrogen) atoms. The van der Waals surface area contributed by atoms with Crippen LogP contribution in [0.1, 0.15) is 43.9 Å². The molecular formula is C17H19FO2. The number of benzene rings is 2. The summed E-state index contributed by atoms with van der Waals surface area (Å²) < 4.78 is 19.5. The SMILES string of the molecule is CC(C)c1cccc(Oc2cccc(F)c2[C@@H](C)O)c1. The van der Waals surface area contributed by atoms with E-state index in [-0.39, 0.29) is 5.56 Å². The molecular weight excluding hydrogens is 255 g/mol. The summed E-state index contributed by atoms with van der Waals surface area (Å²) in [5, 5.41) is 9.69. The molecule has 2 rings (SSSR count). The highest BCUT2D eigenvalue weighted by atomic mass is 19.1. The van der Waals surface area contributed by atoms with Crippen LogP contribution in [0.4, 0.5) is 4.39 Å².